The highest BCUT2D eigenvalue weighted by Gasteiger charge is 2.26. The van der Waals surface area contributed by atoms with Gasteiger partial charge in [0.15, 0.2) is 0 Å². The zero-order valence-electron chi connectivity index (χ0n) is 17.0. The third-order valence-electron chi connectivity index (χ3n) is 5.47. The van der Waals surface area contributed by atoms with Gasteiger partial charge in [0.05, 0.1) is 25.2 Å². The molecule has 1 aliphatic heterocycles. The van der Waals surface area contributed by atoms with Crippen LogP contribution in [0, 0.1) is 0 Å². The number of fused-ring (bicyclic) bond motifs is 1. The molecule has 1 aliphatic rings. The quantitative estimate of drug-likeness (QED) is 0.628. The summed E-state index contributed by atoms with van der Waals surface area (Å²) in [6.45, 7) is 3.03. The predicted octanol–water partition coefficient (Wildman–Crippen LogP) is 3.20. The summed E-state index contributed by atoms with van der Waals surface area (Å²) in [5.41, 5.74) is 1.01. The summed E-state index contributed by atoms with van der Waals surface area (Å²) in [6, 6.07) is 20.5. The second-order valence-corrected chi connectivity index (χ2v) is 9.01. The van der Waals surface area contributed by atoms with Crippen molar-refractivity contribution in [2.24, 2.45) is 0 Å². The van der Waals surface area contributed by atoms with E-state index in [1.165, 1.54) is 0 Å². The van der Waals surface area contributed by atoms with Gasteiger partial charge in [-0.3, -0.25) is 4.90 Å². The van der Waals surface area contributed by atoms with E-state index in [-0.39, 0.29) is 12.6 Å². The lowest BCUT2D eigenvalue weighted by atomic mass is 10.0. The van der Waals surface area contributed by atoms with Crippen molar-refractivity contribution in [1.82, 2.24) is 9.62 Å². The van der Waals surface area contributed by atoms with Gasteiger partial charge in [0.2, 0.25) is 10.0 Å². The number of nitrogens with one attached hydrogen (secondary N) is 1. The Morgan fingerprint density at radius 1 is 1.03 bits per heavy atom. The van der Waals surface area contributed by atoms with Crippen molar-refractivity contribution in [3.05, 3.63) is 72.3 Å². The van der Waals surface area contributed by atoms with E-state index < -0.39 is 10.0 Å². The van der Waals surface area contributed by atoms with Crippen LogP contribution in [0.4, 0.5) is 0 Å². The molecule has 0 radical (unpaired) electrons. The van der Waals surface area contributed by atoms with E-state index in [0.717, 1.165) is 35.2 Å². The SMILES string of the molecule is COc1cccc(C(CNS(=O)(=O)c2cccc3ccccc23)N2CCOCC2)c1. The molecule has 1 saturated heterocycles. The Labute approximate surface area is 177 Å². The van der Waals surface area contributed by atoms with Crippen molar-refractivity contribution in [1.29, 1.82) is 0 Å². The molecule has 1 fully saturated rings. The van der Waals surface area contributed by atoms with Gasteiger partial charge in [-0.05, 0) is 29.1 Å². The molecule has 1 atom stereocenters. The molecule has 30 heavy (non-hydrogen) atoms. The van der Waals surface area contributed by atoms with E-state index in [1.807, 2.05) is 54.6 Å². The van der Waals surface area contributed by atoms with Crippen LogP contribution in [0.15, 0.2) is 71.6 Å². The molecule has 3 aromatic rings. The lowest BCUT2D eigenvalue weighted by Crippen LogP contribution is -2.43. The van der Waals surface area contributed by atoms with Gasteiger partial charge in [-0.1, -0.05) is 48.5 Å². The van der Waals surface area contributed by atoms with Crippen LogP contribution in [-0.4, -0.2) is 53.3 Å². The Kier molecular flexibility index (Phi) is 6.34. The van der Waals surface area contributed by atoms with E-state index >= 15 is 0 Å². The van der Waals surface area contributed by atoms with E-state index in [4.69, 9.17) is 9.47 Å². The van der Waals surface area contributed by atoms with Crippen molar-refractivity contribution < 1.29 is 17.9 Å². The normalized spacial score (nSPS) is 16.4. The van der Waals surface area contributed by atoms with E-state index in [9.17, 15) is 8.42 Å². The van der Waals surface area contributed by atoms with Crippen molar-refractivity contribution in [3.8, 4) is 5.75 Å². The standard InChI is InChI=1S/C23H26N2O4S/c1-28-20-9-4-8-19(16-20)22(25-12-14-29-15-13-25)17-24-30(26,27)23-11-5-7-18-6-2-3-10-21(18)23/h2-11,16,22,24H,12-15,17H2,1H3. The van der Waals surface area contributed by atoms with Crippen LogP contribution in [0.25, 0.3) is 10.8 Å². The smallest absolute Gasteiger partial charge is 0.241 e. The fourth-order valence-electron chi connectivity index (χ4n) is 3.89. The maximum atomic E-state index is 13.2. The molecule has 0 amide bonds. The monoisotopic (exact) mass is 426 g/mol. The molecule has 0 aromatic heterocycles. The van der Waals surface area contributed by atoms with Crippen LogP contribution in [0.5, 0.6) is 5.75 Å². The average Bonchev–Trinajstić information content (AvgIpc) is 2.79. The van der Waals surface area contributed by atoms with Crippen LogP contribution in [0.2, 0.25) is 0 Å². The van der Waals surface area contributed by atoms with Crippen molar-refractivity contribution in [2.75, 3.05) is 40.0 Å². The number of hydrogen-bond acceptors (Lipinski definition) is 5. The topological polar surface area (TPSA) is 67.9 Å². The zero-order chi connectivity index (χ0) is 21.0. The highest BCUT2D eigenvalue weighted by molar-refractivity contribution is 7.89. The first-order valence-electron chi connectivity index (χ1n) is 10.0. The van der Waals surface area contributed by atoms with Gasteiger partial charge in [0, 0.05) is 31.1 Å². The van der Waals surface area contributed by atoms with Crippen LogP contribution >= 0.6 is 0 Å². The van der Waals surface area contributed by atoms with E-state index in [1.54, 1.807) is 19.2 Å². The summed E-state index contributed by atoms with van der Waals surface area (Å²) in [5, 5.41) is 1.62. The molecule has 0 spiro atoms. The number of benzene rings is 3. The molecule has 158 valence electrons. The Balaban J connectivity index is 1.62. The van der Waals surface area contributed by atoms with Crippen LogP contribution in [-0.2, 0) is 14.8 Å². The van der Waals surface area contributed by atoms with Crippen molar-refractivity contribution in [3.63, 3.8) is 0 Å². The fourth-order valence-corrected chi connectivity index (χ4v) is 5.16. The van der Waals surface area contributed by atoms with Gasteiger partial charge < -0.3 is 9.47 Å². The zero-order valence-corrected chi connectivity index (χ0v) is 17.8. The van der Waals surface area contributed by atoms with Crippen molar-refractivity contribution >= 4 is 20.8 Å². The first-order chi connectivity index (χ1) is 14.6. The maximum absolute atomic E-state index is 13.2. The summed E-state index contributed by atoms with van der Waals surface area (Å²) >= 11 is 0. The molecule has 7 heteroatoms. The first kappa shape index (κ1) is 20.8. The predicted molar refractivity (Wildman–Crippen MR) is 117 cm³/mol. The first-order valence-corrected chi connectivity index (χ1v) is 11.5. The van der Waals surface area contributed by atoms with Crippen molar-refractivity contribution in [2.45, 2.75) is 10.9 Å². The summed E-state index contributed by atoms with van der Waals surface area (Å²) in [7, 11) is -2.05. The second kappa shape index (κ2) is 9.14. The number of hydrogen-bond donors (Lipinski definition) is 1. The number of nitrogens with zero attached hydrogens (tertiary/aromatic N) is 1. The third kappa shape index (κ3) is 4.49. The Morgan fingerprint density at radius 3 is 2.57 bits per heavy atom. The minimum absolute atomic E-state index is 0.117. The third-order valence-corrected chi connectivity index (χ3v) is 6.95. The summed E-state index contributed by atoms with van der Waals surface area (Å²) in [6.07, 6.45) is 0. The average molecular weight is 427 g/mol. The number of ether oxygens (including phenoxy) is 2. The number of sulfonamides is 1. The Bertz CT molecular complexity index is 1110. The molecule has 0 saturated carbocycles. The molecule has 0 aliphatic carbocycles. The minimum Gasteiger partial charge on any atom is -0.497 e. The molecule has 1 heterocycles. The molecular weight excluding hydrogens is 400 g/mol. The largest absolute Gasteiger partial charge is 0.497 e. The lowest BCUT2D eigenvalue weighted by molar-refractivity contribution is 0.0171. The van der Waals surface area contributed by atoms with Gasteiger partial charge in [-0.2, -0.15) is 0 Å². The molecule has 0 bridgehead atoms. The Hall–Kier alpha value is -2.45. The van der Waals surface area contributed by atoms with Crippen LogP contribution in [0.3, 0.4) is 0 Å². The lowest BCUT2D eigenvalue weighted by Gasteiger charge is -2.35. The molecule has 4 rings (SSSR count). The van der Waals surface area contributed by atoms with E-state index in [0.29, 0.717) is 18.1 Å². The molecule has 1 unspecified atom stereocenters. The maximum Gasteiger partial charge on any atom is 0.241 e. The van der Waals surface area contributed by atoms with Gasteiger partial charge in [0.1, 0.15) is 5.75 Å². The van der Waals surface area contributed by atoms with Crippen LogP contribution < -0.4 is 9.46 Å². The highest BCUT2D eigenvalue weighted by Crippen LogP contribution is 2.27. The summed E-state index contributed by atoms with van der Waals surface area (Å²) in [5.74, 6) is 0.752. The fraction of sp³-hybridized carbons (Fsp3) is 0.304. The molecule has 1 N–H and O–H groups in total. The minimum atomic E-state index is -3.68. The summed E-state index contributed by atoms with van der Waals surface area (Å²) in [4.78, 5) is 2.55. The number of rotatable bonds is 7. The van der Waals surface area contributed by atoms with Gasteiger partial charge in [-0.15, -0.1) is 0 Å². The van der Waals surface area contributed by atoms with Gasteiger partial charge in [-0.25, -0.2) is 13.1 Å². The number of morpholine rings is 1. The highest BCUT2D eigenvalue weighted by atomic mass is 32.2. The molecule has 3 aromatic carbocycles. The summed E-state index contributed by atoms with van der Waals surface area (Å²) < 4.78 is 40.1. The second-order valence-electron chi connectivity index (χ2n) is 7.27. The number of methoxy groups -OCH3 is 1. The molecular formula is C23H26N2O4S. The molecule has 6 nitrogen and oxygen atoms in total. The Morgan fingerprint density at radius 2 is 1.77 bits per heavy atom. The van der Waals surface area contributed by atoms with E-state index in [2.05, 4.69) is 9.62 Å². The van der Waals surface area contributed by atoms with Gasteiger partial charge in [0.25, 0.3) is 0 Å². The van der Waals surface area contributed by atoms with Gasteiger partial charge >= 0.3 is 0 Å². The van der Waals surface area contributed by atoms with Crippen LogP contribution in [0.1, 0.15) is 11.6 Å².